The molecular weight excluding hydrogens is 681 g/mol. The Morgan fingerprint density at radius 2 is 0.857 bits per heavy atom. The van der Waals surface area contributed by atoms with Gasteiger partial charge in [-0.15, -0.1) is 0 Å². The molecule has 11 rings (SSSR count). The zero-order valence-electron chi connectivity index (χ0n) is 30.4. The normalized spacial score (nSPS) is 11.6. The zero-order chi connectivity index (χ0) is 37.0. The lowest BCUT2D eigenvalue weighted by molar-refractivity contribution is 1.14. The first-order valence-electron chi connectivity index (χ1n) is 19.0. The predicted octanol–water partition coefficient (Wildman–Crippen LogP) is 13.3. The lowest BCUT2D eigenvalue weighted by Crippen LogP contribution is -2.01. The SMILES string of the molecule is c1ccc(-c2cc(-c3ccccc3)nc(-c3ccccc3-n3c4ccccc4c4cc(-c5cccc6c5c5ccccc5n6-c5ccccc5)ccc43)n2)cc1. The van der Waals surface area contributed by atoms with Gasteiger partial charge in [-0.05, 0) is 71.8 Å². The van der Waals surface area contributed by atoms with Crippen molar-refractivity contribution in [3.8, 4) is 56.4 Å². The molecule has 3 aromatic heterocycles. The topological polar surface area (TPSA) is 35.6 Å². The highest BCUT2D eigenvalue weighted by Gasteiger charge is 2.20. The van der Waals surface area contributed by atoms with E-state index in [1.54, 1.807) is 0 Å². The third kappa shape index (κ3) is 5.15. The molecule has 0 aliphatic heterocycles. The van der Waals surface area contributed by atoms with Crippen molar-refractivity contribution in [3.05, 3.63) is 206 Å². The number of hydrogen-bond donors (Lipinski definition) is 0. The lowest BCUT2D eigenvalue weighted by atomic mass is 9.98. The minimum Gasteiger partial charge on any atom is -0.309 e. The quantitative estimate of drug-likeness (QED) is 0.172. The molecule has 0 aliphatic rings. The number of para-hydroxylation sites is 4. The maximum absolute atomic E-state index is 5.24. The van der Waals surface area contributed by atoms with Crippen LogP contribution in [0.4, 0.5) is 0 Å². The van der Waals surface area contributed by atoms with E-state index in [9.17, 15) is 0 Å². The van der Waals surface area contributed by atoms with Crippen LogP contribution >= 0.6 is 0 Å². The first kappa shape index (κ1) is 31.9. The first-order chi connectivity index (χ1) is 27.8. The highest BCUT2D eigenvalue weighted by molar-refractivity contribution is 6.17. The smallest absolute Gasteiger partial charge is 0.162 e. The van der Waals surface area contributed by atoms with Crippen LogP contribution in [0.1, 0.15) is 0 Å². The van der Waals surface area contributed by atoms with Crippen LogP contribution in [0.25, 0.3) is 100 Å². The molecule has 0 atom stereocenters. The van der Waals surface area contributed by atoms with Crippen LogP contribution in [0.15, 0.2) is 206 Å². The van der Waals surface area contributed by atoms with Gasteiger partial charge in [0.1, 0.15) is 0 Å². The summed E-state index contributed by atoms with van der Waals surface area (Å²) in [5.41, 5.74) is 14.1. The Morgan fingerprint density at radius 3 is 1.57 bits per heavy atom. The molecule has 56 heavy (non-hydrogen) atoms. The van der Waals surface area contributed by atoms with E-state index in [0.717, 1.165) is 50.5 Å². The second kappa shape index (κ2) is 13.1. The van der Waals surface area contributed by atoms with Crippen molar-refractivity contribution in [1.82, 2.24) is 19.1 Å². The molecule has 11 aromatic rings. The van der Waals surface area contributed by atoms with Gasteiger partial charge in [0.2, 0.25) is 0 Å². The summed E-state index contributed by atoms with van der Waals surface area (Å²) in [6.45, 7) is 0. The number of nitrogens with zero attached hydrogens (tertiary/aromatic N) is 4. The van der Waals surface area contributed by atoms with Gasteiger partial charge in [0.05, 0.1) is 39.1 Å². The minimum absolute atomic E-state index is 0.685. The number of hydrogen-bond acceptors (Lipinski definition) is 2. The molecule has 0 saturated heterocycles. The van der Waals surface area contributed by atoms with E-state index < -0.39 is 0 Å². The number of benzene rings is 8. The summed E-state index contributed by atoms with van der Waals surface area (Å²) in [5.74, 6) is 0.685. The molecular formula is C52H34N4. The summed E-state index contributed by atoms with van der Waals surface area (Å²) < 4.78 is 4.76. The van der Waals surface area contributed by atoms with E-state index in [1.165, 1.54) is 43.7 Å². The molecule has 4 nitrogen and oxygen atoms in total. The van der Waals surface area contributed by atoms with Crippen LogP contribution in [0.5, 0.6) is 0 Å². The number of rotatable bonds is 6. The molecule has 0 spiro atoms. The monoisotopic (exact) mass is 714 g/mol. The Hall–Kier alpha value is -7.56. The summed E-state index contributed by atoms with van der Waals surface area (Å²) in [6.07, 6.45) is 0. The number of aromatic nitrogens is 4. The molecule has 0 unspecified atom stereocenters. The molecule has 3 heterocycles. The van der Waals surface area contributed by atoms with Gasteiger partial charge in [-0.1, -0.05) is 146 Å². The summed E-state index contributed by atoms with van der Waals surface area (Å²) >= 11 is 0. The van der Waals surface area contributed by atoms with E-state index in [-0.39, 0.29) is 0 Å². The Kier molecular flexibility index (Phi) is 7.46. The highest BCUT2D eigenvalue weighted by atomic mass is 15.0. The minimum atomic E-state index is 0.685. The Balaban J connectivity index is 1.13. The third-order valence-corrected chi connectivity index (χ3v) is 10.9. The first-order valence-corrected chi connectivity index (χ1v) is 19.0. The molecule has 0 radical (unpaired) electrons. The van der Waals surface area contributed by atoms with Crippen molar-refractivity contribution in [2.24, 2.45) is 0 Å². The second-order valence-corrected chi connectivity index (χ2v) is 14.2. The molecule has 262 valence electrons. The van der Waals surface area contributed by atoms with E-state index >= 15 is 0 Å². The average Bonchev–Trinajstić information content (AvgIpc) is 3.80. The molecule has 0 saturated carbocycles. The van der Waals surface area contributed by atoms with Crippen molar-refractivity contribution in [2.75, 3.05) is 0 Å². The van der Waals surface area contributed by atoms with Crippen molar-refractivity contribution < 1.29 is 0 Å². The Morgan fingerprint density at radius 1 is 0.321 bits per heavy atom. The lowest BCUT2D eigenvalue weighted by Gasteiger charge is -2.15. The summed E-state index contributed by atoms with van der Waals surface area (Å²) in [4.78, 5) is 10.5. The van der Waals surface area contributed by atoms with Gasteiger partial charge < -0.3 is 9.13 Å². The van der Waals surface area contributed by atoms with E-state index in [2.05, 4.69) is 203 Å². The zero-order valence-corrected chi connectivity index (χ0v) is 30.4. The molecule has 8 aromatic carbocycles. The van der Waals surface area contributed by atoms with Crippen LogP contribution in [0, 0.1) is 0 Å². The van der Waals surface area contributed by atoms with Crippen LogP contribution in [0.3, 0.4) is 0 Å². The summed E-state index contributed by atoms with van der Waals surface area (Å²) in [5, 5.41) is 4.89. The number of fused-ring (bicyclic) bond motifs is 6. The van der Waals surface area contributed by atoms with Gasteiger partial charge in [0, 0.05) is 43.9 Å². The van der Waals surface area contributed by atoms with E-state index in [1.807, 2.05) is 12.1 Å². The predicted molar refractivity (Wildman–Crippen MR) is 232 cm³/mol. The molecule has 0 N–H and O–H groups in total. The fourth-order valence-electron chi connectivity index (χ4n) is 8.45. The van der Waals surface area contributed by atoms with Gasteiger partial charge in [-0.25, -0.2) is 9.97 Å². The average molecular weight is 715 g/mol. The standard InChI is InChI=1S/C52H34N4/c1-4-17-35(18-5-1)44-34-45(36-19-6-2-7-20-36)54-52(53-44)42-25-12-15-29-48(42)56-46-27-13-10-23-40(46)43-33-37(31-32-49(43)56)39-26-16-30-50-51(39)41-24-11-14-28-47(41)55(50)38-21-8-3-9-22-38/h1-34H. The molecule has 0 bridgehead atoms. The van der Waals surface area contributed by atoms with Crippen molar-refractivity contribution in [3.63, 3.8) is 0 Å². The van der Waals surface area contributed by atoms with Gasteiger partial charge in [-0.2, -0.15) is 0 Å². The fourth-order valence-corrected chi connectivity index (χ4v) is 8.45. The van der Waals surface area contributed by atoms with Crippen molar-refractivity contribution in [1.29, 1.82) is 0 Å². The molecule has 0 amide bonds. The molecule has 4 heteroatoms. The Bertz CT molecular complexity index is 3170. The van der Waals surface area contributed by atoms with Crippen LogP contribution in [-0.4, -0.2) is 19.1 Å². The third-order valence-electron chi connectivity index (χ3n) is 10.9. The summed E-state index contributed by atoms with van der Waals surface area (Å²) in [6, 6.07) is 73.1. The highest BCUT2D eigenvalue weighted by Crippen LogP contribution is 2.42. The maximum atomic E-state index is 5.24. The fraction of sp³-hybridized carbons (Fsp3) is 0. The van der Waals surface area contributed by atoms with Crippen LogP contribution in [-0.2, 0) is 0 Å². The van der Waals surface area contributed by atoms with Crippen LogP contribution < -0.4 is 0 Å². The van der Waals surface area contributed by atoms with Gasteiger partial charge >= 0.3 is 0 Å². The van der Waals surface area contributed by atoms with Gasteiger partial charge in [-0.3, -0.25) is 0 Å². The Labute approximate surface area is 324 Å². The van der Waals surface area contributed by atoms with Crippen LogP contribution in [0.2, 0.25) is 0 Å². The van der Waals surface area contributed by atoms with Gasteiger partial charge in [0.15, 0.2) is 5.82 Å². The van der Waals surface area contributed by atoms with Crippen molar-refractivity contribution >= 4 is 43.6 Å². The molecule has 0 aliphatic carbocycles. The molecule has 0 fully saturated rings. The second-order valence-electron chi connectivity index (χ2n) is 14.2. The van der Waals surface area contributed by atoms with Gasteiger partial charge in [0.25, 0.3) is 0 Å². The van der Waals surface area contributed by atoms with E-state index in [4.69, 9.17) is 9.97 Å². The van der Waals surface area contributed by atoms with Crippen molar-refractivity contribution in [2.45, 2.75) is 0 Å². The van der Waals surface area contributed by atoms with E-state index in [0.29, 0.717) is 5.82 Å². The largest absolute Gasteiger partial charge is 0.309 e. The summed E-state index contributed by atoms with van der Waals surface area (Å²) in [7, 11) is 0. The maximum Gasteiger partial charge on any atom is 0.162 e.